The first-order valence-electron chi connectivity index (χ1n) is 11.9. The SMILES string of the molecule is COC(=O)c1c(C)[nH]c2c1[C@]1(C)C(=CC2=O)N(C(=O)/C=C/c2ccc(N)c(OCCCN)c2)C[C@H]1C. The number of amides is 1. The van der Waals surface area contributed by atoms with Gasteiger partial charge in [0.1, 0.15) is 5.75 Å². The Balaban J connectivity index is 1.64. The van der Waals surface area contributed by atoms with E-state index in [2.05, 4.69) is 4.98 Å². The largest absolute Gasteiger partial charge is 0.491 e. The molecule has 36 heavy (non-hydrogen) atoms. The summed E-state index contributed by atoms with van der Waals surface area (Å²) in [4.78, 5) is 43.7. The smallest absolute Gasteiger partial charge is 0.340 e. The minimum absolute atomic E-state index is 0.0503. The van der Waals surface area contributed by atoms with Gasteiger partial charge < -0.3 is 30.8 Å². The lowest BCUT2D eigenvalue weighted by molar-refractivity contribution is -0.123. The quantitative estimate of drug-likeness (QED) is 0.234. The summed E-state index contributed by atoms with van der Waals surface area (Å²) in [6, 6.07) is 5.29. The number of carbonyl (C=O) groups is 3. The van der Waals surface area contributed by atoms with E-state index < -0.39 is 11.4 Å². The number of H-pyrrole nitrogens is 1. The van der Waals surface area contributed by atoms with Gasteiger partial charge in [0.25, 0.3) is 5.91 Å². The maximum Gasteiger partial charge on any atom is 0.340 e. The number of nitrogens with two attached hydrogens (primary N) is 2. The zero-order valence-electron chi connectivity index (χ0n) is 21.0. The number of hydrogen-bond donors (Lipinski definition) is 3. The van der Waals surface area contributed by atoms with Gasteiger partial charge in [-0.25, -0.2) is 4.79 Å². The Hall–Kier alpha value is -3.85. The Morgan fingerprint density at radius 2 is 2.08 bits per heavy atom. The molecule has 2 aromatic rings. The van der Waals surface area contributed by atoms with Gasteiger partial charge in [-0.3, -0.25) is 9.59 Å². The number of anilines is 1. The van der Waals surface area contributed by atoms with Crippen LogP contribution in [0.1, 0.15) is 57.9 Å². The van der Waals surface area contributed by atoms with E-state index in [1.807, 2.05) is 13.8 Å². The van der Waals surface area contributed by atoms with Crippen molar-refractivity contribution in [1.82, 2.24) is 9.88 Å². The van der Waals surface area contributed by atoms with E-state index in [-0.39, 0.29) is 17.6 Å². The fraction of sp³-hybridized carbons (Fsp3) is 0.370. The molecule has 5 N–H and O–H groups in total. The van der Waals surface area contributed by atoms with Crippen molar-refractivity contribution in [2.45, 2.75) is 32.6 Å². The van der Waals surface area contributed by atoms with Gasteiger partial charge >= 0.3 is 5.97 Å². The predicted molar refractivity (Wildman–Crippen MR) is 137 cm³/mol. The standard InChI is InChI=1S/C27H32N4O5/c1-15-14-31(22(33)9-7-17-6-8-18(29)20(12-17)36-11-5-10-28)21-13-19(32)25-24(27(15,21)3)23(16(2)30-25)26(34)35-4/h6-9,12-13,15,30H,5,10-11,14,28-29H2,1-4H3/b9-7+/t15-,27+/m1/s1. The van der Waals surface area contributed by atoms with E-state index >= 15 is 0 Å². The third kappa shape index (κ3) is 4.09. The summed E-state index contributed by atoms with van der Waals surface area (Å²) >= 11 is 0. The molecule has 0 bridgehead atoms. The molecule has 1 aliphatic carbocycles. The first kappa shape index (κ1) is 25.2. The second kappa shape index (κ2) is 9.66. The summed E-state index contributed by atoms with van der Waals surface area (Å²) in [5.74, 6) is -0.561. The van der Waals surface area contributed by atoms with E-state index in [0.29, 0.717) is 65.8 Å². The zero-order chi connectivity index (χ0) is 26.2. The third-order valence-electron chi connectivity index (χ3n) is 7.20. The summed E-state index contributed by atoms with van der Waals surface area (Å²) in [6.07, 6.45) is 5.37. The van der Waals surface area contributed by atoms with Gasteiger partial charge in [-0.15, -0.1) is 0 Å². The van der Waals surface area contributed by atoms with Crippen molar-refractivity contribution in [3.8, 4) is 5.75 Å². The molecule has 9 heteroatoms. The van der Waals surface area contributed by atoms with Gasteiger partial charge in [0.05, 0.1) is 30.7 Å². The number of fused-ring (bicyclic) bond motifs is 3. The van der Waals surface area contributed by atoms with Crippen molar-refractivity contribution >= 4 is 29.4 Å². The number of aryl methyl sites for hydroxylation is 1. The highest BCUT2D eigenvalue weighted by molar-refractivity contribution is 6.11. The van der Waals surface area contributed by atoms with Crippen LogP contribution in [0.5, 0.6) is 5.75 Å². The molecule has 0 unspecified atom stereocenters. The van der Waals surface area contributed by atoms with E-state index in [1.165, 1.54) is 19.3 Å². The van der Waals surface area contributed by atoms with Crippen LogP contribution in [0, 0.1) is 12.8 Å². The van der Waals surface area contributed by atoms with Crippen molar-refractivity contribution in [3.63, 3.8) is 0 Å². The van der Waals surface area contributed by atoms with Gasteiger partial charge in [-0.05, 0) is 56.5 Å². The highest BCUT2D eigenvalue weighted by atomic mass is 16.5. The van der Waals surface area contributed by atoms with Gasteiger partial charge in [0, 0.05) is 41.1 Å². The topological polar surface area (TPSA) is 141 Å². The molecule has 4 rings (SSSR count). The Labute approximate surface area is 210 Å². The number of rotatable bonds is 7. The van der Waals surface area contributed by atoms with Crippen LogP contribution >= 0.6 is 0 Å². The molecule has 1 aromatic heterocycles. The van der Waals surface area contributed by atoms with Crippen LogP contribution in [0.25, 0.3) is 6.08 Å². The highest BCUT2D eigenvalue weighted by Crippen LogP contribution is 2.52. The number of allylic oxidation sites excluding steroid dienone is 2. The summed E-state index contributed by atoms with van der Waals surface area (Å²) in [7, 11) is 1.31. The number of hydrogen-bond acceptors (Lipinski definition) is 7. The fourth-order valence-electron chi connectivity index (χ4n) is 5.08. The monoisotopic (exact) mass is 492 g/mol. The summed E-state index contributed by atoms with van der Waals surface area (Å²) in [6.45, 7) is 7.10. The molecule has 0 saturated carbocycles. The molecule has 0 spiro atoms. The first-order chi connectivity index (χ1) is 17.1. The van der Waals surface area contributed by atoms with Crippen molar-refractivity contribution in [1.29, 1.82) is 0 Å². The number of nitrogens with one attached hydrogen (secondary N) is 1. The Kier molecular flexibility index (Phi) is 6.77. The lowest BCUT2D eigenvalue weighted by Crippen LogP contribution is -2.36. The number of ketones is 1. The van der Waals surface area contributed by atoms with Gasteiger partial charge in [0.2, 0.25) is 5.78 Å². The Morgan fingerprint density at radius 3 is 2.78 bits per heavy atom. The summed E-state index contributed by atoms with van der Waals surface area (Å²) in [5.41, 5.74) is 14.5. The molecule has 2 aliphatic rings. The average molecular weight is 493 g/mol. The number of nitrogens with zero attached hydrogens (tertiary/aromatic N) is 1. The number of carbonyl (C=O) groups excluding carboxylic acids is 3. The molecule has 1 aromatic carbocycles. The molecule has 9 nitrogen and oxygen atoms in total. The predicted octanol–water partition coefficient (Wildman–Crippen LogP) is 2.95. The Morgan fingerprint density at radius 1 is 1.33 bits per heavy atom. The molecule has 190 valence electrons. The number of ether oxygens (including phenoxy) is 2. The van der Waals surface area contributed by atoms with E-state index in [9.17, 15) is 14.4 Å². The second-order valence-corrected chi connectivity index (χ2v) is 9.43. The van der Waals surface area contributed by atoms with E-state index in [4.69, 9.17) is 20.9 Å². The number of aromatic nitrogens is 1. The van der Waals surface area contributed by atoms with E-state index in [1.54, 1.807) is 36.1 Å². The van der Waals surface area contributed by atoms with Crippen LogP contribution in [-0.4, -0.2) is 54.3 Å². The average Bonchev–Trinajstić information content (AvgIpc) is 3.34. The number of likely N-dealkylation sites (tertiary alicyclic amines) is 1. The van der Waals surface area contributed by atoms with Crippen molar-refractivity contribution in [2.24, 2.45) is 11.7 Å². The first-order valence-corrected chi connectivity index (χ1v) is 11.9. The lowest BCUT2D eigenvalue weighted by atomic mass is 9.68. The number of nitrogen functional groups attached to an aromatic ring is 1. The summed E-state index contributed by atoms with van der Waals surface area (Å²) in [5, 5.41) is 0. The zero-order valence-corrected chi connectivity index (χ0v) is 21.0. The van der Waals surface area contributed by atoms with Crippen LogP contribution in [0.4, 0.5) is 5.69 Å². The van der Waals surface area contributed by atoms with Gasteiger partial charge in [0.15, 0.2) is 0 Å². The van der Waals surface area contributed by atoms with Crippen LogP contribution in [0.2, 0.25) is 0 Å². The van der Waals surface area contributed by atoms with Crippen molar-refractivity contribution < 1.29 is 23.9 Å². The van der Waals surface area contributed by atoms with Crippen molar-refractivity contribution in [3.05, 3.63) is 64.1 Å². The number of esters is 1. The molecule has 1 aliphatic heterocycles. The molecule has 2 atom stereocenters. The molecular formula is C27H32N4O5. The molecule has 1 saturated heterocycles. The molecule has 2 heterocycles. The molecular weight excluding hydrogens is 460 g/mol. The molecule has 1 fully saturated rings. The fourth-order valence-corrected chi connectivity index (χ4v) is 5.08. The molecule has 0 radical (unpaired) electrons. The van der Waals surface area contributed by atoms with Crippen LogP contribution in [0.15, 0.2) is 36.0 Å². The Bertz CT molecular complexity index is 1290. The normalized spacial score (nSPS) is 20.8. The minimum atomic E-state index is -0.716. The van der Waals surface area contributed by atoms with Crippen LogP contribution < -0.4 is 16.2 Å². The second-order valence-electron chi connectivity index (χ2n) is 9.43. The summed E-state index contributed by atoms with van der Waals surface area (Å²) < 4.78 is 10.7. The number of methoxy groups -OCH3 is 1. The third-order valence-corrected chi connectivity index (χ3v) is 7.20. The van der Waals surface area contributed by atoms with E-state index in [0.717, 1.165) is 5.56 Å². The van der Waals surface area contributed by atoms with Crippen LogP contribution in [0.3, 0.4) is 0 Å². The number of aromatic amines is 1. The number of benzene rings is 1. The molecule has 1 amide bonds. The maximum absolute atomic E-state index is 13.3. The van der Waals surface area contributed by atoms with Gasteiger partial charge in [-0.1, -0.05) is 13.0 Å². The van der Waals surface area contributed by atoms with Crippen molar-refractivity contribution in [2.75, 3.05) is 32.5 Å². The van der Waals surface area contributed by atoms with Crippen LogP contribution in [-0.2, 0) is 14.9 Å². The minimum Gasteiger partial charge on any atom is -0.491 e. The van der Waals surface area contributed by atoms with Gasteiger partial charge in [-0.2, -0.15) is 0 Å². The highest BCUT2D eigenvalue weighted by Gasteiger charge is 2.54. The lowest BCUT2D eigenvalue weighted by Gasteiger charge is -2.34. The maximum atomic E-state index is 13.3.